The normalized spacial score (nSPS) is 18.8. The van der Waals surface area contributed by atoms with Gasteiger partial charge >= 0.3 is 0 Å². The largest absolute Gasteiger partial charge is 0.381 e. The third-order valence-electron chi connectivity index (χ3n) is 3.10. The van der Waals surface area contributed by atoms with Gasteiger partial charge in [-0.25, -0.2) is 0 Å². The number of hydrogen-bond acceptors (Lipinski definition) is 3. The second-order valence-electron chi connectivity index (χ2n) is 4.53. The van der Waals surface area contributed by atoms with Crippen molar-refractivity contribution < 1.29 is 9.53 Å². The Morgan fingerprint density at radius 2 is 2.17 bits per heavy atom. The topological polar surface area (TPSA) is 50.4 Å². The van der Waals surface area contributed by atoms with Crippen molar-refractivity contribution in [2.24, 2.45) is 5.92 Å². The molecule has 1 aliphatic rings. The minimum atomic E-state index is 0.00596. The zero-order valence-electron chi connectivity index (χ0n) is 10.7. The van der Waals surface area contributed by atoms with Gasteiger partial charge in [0.05, 0.1) is 12.5 Å². The monoisotopic (exact) mass is 248 g/mol. The van der Waals surface area contributed by atoms with Crippen molar-refractivity contribution in [2.45, 2.75) is 19.9 Å². The predicted octanol–water partition coefficient (Wildman–Crippen LogP) is 1.77. The van der Waals surface area contributed by atoms with Gasteiger partial charge in [0.15, 0.2) is 0 Å². The van der Waals surface area contributed by atoms with Crippen LogP contribution in [0.5, 0.6) is 0 Å². The van der Waals surface area contributed by atoms with Crippen LogP contribution < -0.4 is 10.6 Å². The molecule has 1 unspecified atom stereocenters. The lowest BCUT2D eigenvalue weighted by Crippen LogP contribution is -2.22. The van der Waals surface area contributed by atoms with E-state index < -0.39 is 0 Å². The maximum atomic E-state index is 11.9. The van der Waals surface area contributed by atoms with Crippen molar-refractivity contribution in [1.29, 1.82) is 0 Å². The van der Waals surface area contributed by atoms with E-state index in [1.807, 2.05) is 24.3 Å². The Bertz CT molecular complexity index is 383. The molecule has 2 N–H and O–H groups in total. The van der Waals surface area contributed by atoms with E-state index in [2.05, 4.69) is 17.6 Å². The zero-order valence-corrected chi connectivity index (χ0v) is 10.7. The van der Waals surface area contributed by atoms with Gasteiger partial charge in [-0.3, -0.25) is 4.79 Å². The predicted molar refractivity (Wildman–Crippen MR) is 71.4 cm³/mol. The molecule has 1 saturated heterocycles. The summed E-state index contributed by atoms with van der Waals surface area (Å²) in [6.07, 6.45) is 0.824. The summed E-state index contributed by atoms with van der Waals surface area (Å²) in [5.41, 5.74) is 2.08. The van der Waals surface area contributed by atoms with Gasteiger partial charge in [0.1, 0.15) is 0 Å². The van der Waals surface area contributed by atoms with Gasteiger partial charge in [0.25, 0.3) is 0 Å². The number of carbonyl (C=O) groups excluding carboxylic acids is 1. The number of ether oxygens (including phenoxy) is 1. The van der Waals surface area contributed by atoms with Gasteiger partial charge in [-0.2, -0.15) is 0 Å². The zero-order chi connectivity index (χ0) is 12.8. The third kappa shape index (κ3) is 3.55. The maximum absolute atomic E-state index is 11.9. The Labute approximate surface area is 108 Å². The van der Waals surface area contributed by atoms with Crippen LogP contribution >= 0.6 is 0 Å². The van der Waals surface area contributed by atoms with E-state index in [1.165, 1.54) is 5.56 Å². The van der Waals surface area contributed by atoms with E-state index in [9.17, 15) is 4.79 Å². The molecule has 0 bridgehead atoms. The molecule has 1 aromatic carbocycles. The summed E-state index contributed by atoms with van der Waals surface area (Å²) in [4.78, 5) is 11.9. The fraction of sp³-hybridized carbons (Fsp3) is 0.500. The number of carbonyl (C=O) groups is 1. The van der Waals surface area contributed by atoms with E-state index in [1.54, 1.807) is 0 Å². The highest BCUT2D eigenvalue weighted by Gasteiger charge is 2.23. The third-order valence-corrected chi connectivity index (χ3v) is 3.10. The lowest BCUT2D eigenvalue weighted by Gasteiger charge is -2.10. The Morgan fingerprint density at radius 1 is 1.39 bits per heavy atom. The first kappa shape index (κ1) is 13.1. The molecule has 98 valence electrons. The van der Waals surface area contributed by atoms with Crippen LogP contribution in [0.25, 0.3) is 0 Å². The second-order valence-corrected chi connectivity index (χ2v) is 4.53. The lowest BCUT2D eigenvalue weighted by molar-refractivity contribution is -0.119. The Hall–Kier alpha value is -1.39. The molecule has 1 aliphatic heterocycles. The number of hydrogen-bond donors (Lipinski definition) is 2. The summed E-state index contributed by atoms with van der Waals surface area (Å²) in [7, 11) is 0. The van der Waals surface area contributed by atoms with Crippen LogP contribution in [0.4, 0.5) is 5.69 Å². The summed E-state index contributed by atoms with van der Waals surface area (Å²) in [6, 6.07) is 7.95. The first-order chi connectivity index (χ1) is 8.79. The molecule has 0 aliphatic carbocycles. The van der Waals surface area contributed by atoms with Crippen molar-refractivity contribution in [3.63, 3.8) is 0 Å². The molecule has 4 nitrogen and oxygen atoms in total. The molecule has 0 spiro atoms. The average molecular weight is 248 g/mol. The summed E-state index contributed by atoms with van der Waals surface area (Å²) in [6.45, 7) is 5.14. The average Bonchev–Trinajstić information content (AvgIpc) is 2.92. The van der Waals surface area contributed by atoms with Crippen LogP contribution in [-0.2, 0) is 16.1 Å². The highest BCUT2D eigenvalue weighted by Crippen LogP contribution is 2.16. The van der Waals surface area contributed by atoms with Crippen LogP contribution in [0.15, 0.2) is 24.3 Å². The number of anilines is 1. The quantitative estimate of drug-likeness (QED) is 0.835. The van der Waals surface area contributed by atoms with Crippen molar-refractivity contribution in [2.75, 3.05) is 25.1 Å². The molecule has 1 heterocycles. The molecule has 1 fully saturated rings. The van der Waals surface area contributed by atoms with Crippen LogP contribution in [0, 0.1) is 5.92 Å². The number of benzene rings is 1. The Kier molecular flexibility index (Phi) is 4.73. The molecule has 4 heteroatoms. The van der Waals surface area contributed by atoms with Crippen LogP contribution in [0.1, 0.15) is 18.9 Å². The first-order valence-corrected chi connectivity index (χ1v) is 6.48. The molecule has 2 rings (SSSR count). The van der Waals surface area contributed by atoms with Crippen molar-refractivity contribution in [3.8, 4) is 0 Å². The van der Waals surface area contributed by atoms with Gasteiger partial charge < -0.3 is 15.4 Å². The van der Waals surface area contributed by atoms with Crippen molar-refractivity contribution >= 4 is 11.6 Å². The fourth-order valence-corrected chi connectivity index (χ4v) is 1.96. The summed E-state index contributed by atoms with van der Waals surface area (Å²) in [5.74, 6) is 0.0679. The SMILES string of the molecule is CCNCc1ccc(NC(=O)C2CCOC2)cc1. The molecule has 1 atom stereocenters. The molecule has 0 saturated carbocycles. The van der Waals surface area contributed by atoms with Crippen LogP contribution in [0.3, 0.4) is 0 Å². The summed E-state index contributed by atoms with van der Waals surface area (Å²) < 4.78 is 5.21. The molecule has 1 aromatic rings. The minimum absolute atomic E-state index is 0.00596. The van der Waals surface area contributed by atoms with Gasteiger partial charge in [0.2, 0.25) is 5.91 Å². The second kappa shape index (κ2) is 6.52. The molecular formula is C14H20N2O2. The Balaban J connectivity index is 1.87. The molecule has 18 heavy (non-hydrogen) atoms. The molecule has 0 radical (unpaired) electrons. The summed E-state index contributed by atoms with van der Waals surface area (Å²) in [5, 5.41) is 6.19. The van der Waals surface area contributed by atoms with Crippen LogP contribution in [0.2, 0.25) is 0 Å². The molecule has 1 amide bonds. The van der Waals surface area contributed by atoms with Crippen molar-refractivity contribution in [1.82, 2.24) is 5.32 Å². The smallest absolute Gasteiger partial charge is 0.229 e. The fourth-order valence-electron chi connectivity index (χ4n) is 1.96. The highest BCUT2D eigenvalue weighted by atomic mass is 16.5. The molecule has 0 aromatic heterocycles. The van der Waals surface area contributed by atoms with E-state index in [4.69, 9.17) is 4.74 Å². The van der Waals surface area contributed by atoms with E-state index >= 15 is 0 Å². The van der Waals surface area contributed by atoms with Gasteiger partial charge in [-0.05, 0) is 30.7 Å². The summed E-state index contributed by atoms with van der Waals surface area (Å²) >= 11 is 0. The molecular weight excluding hydrogens is 228 g/mol. The van der Waals surface area contributed by atoms with Gasteiger partial charge in [-0.1, -0.05) is 19.1 Å². The van der Waals surface area contributed by atoms with E-state index in [-0.39, 0.29) is 11.8 Å². The van der Waals surface area contributed by atoms with E-state index in [0.29, 0.717) is 13.2 Å². The number of rotatable bonds is 5. The van der Waals surface area contributed by atoms with Gasteiger partial charge in [0, 0.05) is 18.8 Å². The standard InChI is InChI=1S/C14H20N2O2/c1-2-15-9-11-3-5-13(6-4-11)16-14(17)12-7-8-18-10-12/h3-6,12,15H,2,7-10H2,1H3,(H,16,17). The maximum Gasteiger partial charge on any atom is 0.229 e. The van der Waals surface area contributed by atoms with Crippen molar-refractivity contribution in [3.05, 3.63) is 29.8 Å². The first-order valence-electron chi connectivity index (χ1n) is 6.48. The highest BCUT2D eigenvalue weighted by molar-refractivity contribution is 5.92. The van der Waals surface area contributed by atoms with Crippen LogP contribution in [-0.4, -0.2) is 25.7 Å². The lowest BCUT2D eigenvalue weighted by atomic mass is 10.1. The number of nitrogens with one attached hydrogen (secondary N) is 2. The Morgan fingerprint density at radius 3 is 2.78 bits per heavy atom. The van der Waals surface area contributed by atoms with E-state index in [0.717, 1.165) is 25.2 Å². The minimum Gasteiger partial charge on any atom is -0.381 e. The van der Waals surface area contributed by atoms with Gasteiger partial charge in [-0.15, -0.1) is 0 Å². The number of amides is 1.